The molecule has 1 aromatic rings. The van der Waals surface area contributed by atoms with Crippen LogP contribution in [0.2, 0.25) is 0 Å². The number of hydrogen-bond donors (Lipinski definition) is 1. The molecular formula is C14H20N2O3. The minimum absolute atomic E-state index is 0.00418. The van der Waals surface area contributed by atoms with Gasteiger partial charge in [0, 0.05) is 12.1 Å². The quantitative estimate of drug-likeness (QED) is 0.515. The Hall–Kier alpha value is -1.78. The van der Waals surface area contributed by atoms with Gasteiger partial charge in [0.25, 0.3) is 5.69 Å². The number of rotatable bonds is 3. The van der Waals surface area contributed by atoms with Crippen molar-refractivity contribution in [1.82, 2.24) is 0 Å². The van der Waals surface area contributed by atoms with E-state index < -0.39 is 4.92 Å². The first kappa shape index (κ1) is 13.6. The Kier molecular flexibility index (Phi) is 3.93. The molecule has 1 saturated carbocycles. The lowest BCUT2D eigenvalue weighted by atomic mass is 9.80. The Morgan fingerprint density at radius 1 is 1.32 bits per heavy atom. The van der Waals surface area contributed by atoms with Gasteiger partial charge >= 0.3 is 0 Å². The van der Waals surface area contributed by atoms with Gasteiger partial charge in [0.05, 0.1) is 16.7 Å². The molecule has 0 amide bonds. The molecule has 0 aromatic heterocycles. The van der Waals surface area contributed by atoms with Crippen molar-refractivity contribution in [1.29, 1.82) is 0 Å². The van der Waals surface area contributed by atoms with E-state index in [4.69, 9.17) is 10.5 Å². The van der Waals surface area contributed by atoms with Crippen molar-refractivity contribution in [3.63, 3.8) is 0 Å². The molecule has 3 atom stereocenters. The molecule has 1 aromatic carbocycles. The number of nitro benzene ring substituents is 1. The van der Waals surface area contributed by atoms with Gasteiger partial charge in [-0.2, -0.15) is 0 Å². The number of anilines is 1. The van der Waals surface area contributed by atoms with Crippen LogP contribution < -0.4 is 10.5 Å². The summed E-state index contributed by atoms with van der Waals surface area (Å²) in [5, 5.41) is 10.6. The first-order valence-electron chi connectivity index (χ1n) is 6.68. The number of nitrogens with zero attached hydrogens (tertiary/aromatic N) is 1. The standard InChI is InChI=1S/C14H20N2O3/c1-9-3-5-12(7-10(9)2)19-14-6-4-11(16(17)18)8-13(14)15/h4,6,8-10,12H,3,5,7,15H2,1-2H3. The lowest BCUT2D eigenvalue weighted by Crippen LogP contribution is -2.28. The van der Waals surface area contributed by atoms with Crippen LogP contribution in [-0.4, -0.2) is 11.0 Å². The van der Waals surface area contributed by atoms with E-state index in [-0.39, 0.29) is 11.8 Å². The molecule has 2 N–H and O–H groups in total. The summed E-state index contributed by atoms with van der Waals surface area (Å²) in [5.74, 6) is 1.92. The van der Waals surface area contributed by atoms with Gasteiger partial charge in [-0.25, -0.2) is 0 Å². The molecule has 0 spiro atoms. The molecule has 0 heterocycles. The predicted octanol–water partition coefficient (Wildman–Crippen LogP) is 3.38. The molecule has 104 valence electrons. The maximum Gasteiger partial charge on any atom is 0.271 e. The number of nitrogen functional groups attached to an aromatic ring is 1. The van der Waals surface area contributed by atoms with Crippen LogP contribution in [0.3, 0.4) is 0 Å². The zero-order chi connectivity index (χ0) is 14.0. The van der Waals surface area contributed by atoms with E-state index in [1.165, 1.54) is 12.1 Å². The fourth-order valence-electron chi connectivity index (χ4n) is 2.54. The zero-order valence-electron chi connectivity index (χ0n) is 11.3. The second-order valence-corrected chi connectivity index (χ2v) is 5.49. The molecule has 1 fully saturated rings. The van der Waals surface area contributed by atoms with Crippen molar-refractivity contribution < 1.29 is 9.66 Å². The van der Waals surface area contributed by atoms with Crippen molar-refractivity contribution in [2.24, 2.45) is 11.8 Å². The Bertz CT molecular complexity index is 476. The van der Waals surface area contributed by atoms with Gasteiger partial charge < -0.3 is 10.5 Å². The van der Waals surface area contributed by atoms with Gasteiger partial charge in [-0.1, -0.05) is 13.8 Å². The zero-order valence-corrected chi connectivity index (χ0v) is 11.3. The third kappa shape index (κ3) is 3.16. The molecule has 5 heteroatoms. The van der Waals surface area contributed by atoms with E-state index >= 15 is 0 Å². The Morgan fingerprint density at radius 2 is 2.05 bits per heavy atom. The van der Waals surface area contributed by atoms with Crippen molar-refractivity contribution in [3.05, 3.63) is 28.3 Å². The summed E-state index contributed by atoms with van der Waals surface area (Å²) in [7, 11) is 0. The summed E-state index contributed by atoms with van der Waals surface area (Å²) >= 11 is 0. The summed E-state index contributed by atoms with van der Waals surface area (Å²) in [4.78, 5) is 10.2. The Morgan fingerprint density at radius 3 is 2.63 bits per heavy atom. The van der Waals surface area contributed by atoms with E-state index in [1.54, 1.807) is 6.07 Å². The molecule has 1 aliphatic carbocycles. The molecule has 0 aliphatic heterocycles. The highest BCUT2D eigenvalue weighted by atomic mass is 16.6. The third-order valence-electron chi connectivity index (χ3n) is 4.05. The number of ether oxygens (including phenoxy) is 1. The van der Waals surface area contributed by atoms with Gasteiger partial charge in [0.1, 0.15) is 5.75 Å². The van der Waals surface area contributed by atoms with Crippen LogP contribution in [0.4, 0.5) is 11.4 Å². The fourth-order valence-corrected chi connectivity index (χ4v) is 2.54. The van der Waals surface area contributed by atoms with Gasteiger partial charge in [-0.05, 0) is 37.2 Å². The topological polar surface area (TPSA) is 78.4 Å². The third-order valence-corrected chi connectivity index (χ3v) is 4.05. The summed E-state index contributed by atoms with van der Waals surface area (Å²) in [6.07, 6.45) is 3.34. The number of nitro groups is 1. The molecule has 0 bridgehead atoms. The molecule has 5 nitrogen and oxygen atoms in total. The summed E-state index contributed by atoms with van der Waals surface area (Å²) in [6.45, 7) is 4.50. The summed E-state index contributed by atoms with van der Waals surface area (Å²) < 4.78 is 5.89. The number of benzene rings is 1. The average Bonchev–Trinajstić information content (AvgIpc) is 2.36. The highest BCUT2D eigenvalue weighted by Gasteiger charge is 2.26. The Labute approximate surface area is 112 Å². The largest absolute Gasteiger partial charge is 0.488 e. The normalized spacial score (nSPS) is 26.9. The molecule has 1 aliphatic rings. The number of hydrogen-bond acceptors (Lipinski definition) is 4. The first-order chi connectivity index (χ1) is 8.97. The first-order valence-corrected chi connectivity index (χ1v) is 6.68. The molecule has 3 unspecified atom stereocenters. The summed E-state index contributed by atoms with van der Waals surface area (Å²) in [5.41, 5.74) is 6.14. The number of non-ortho nitro benzene ring substituents is 1. The number of nitrogens with two attached hydrogens (primary N) is 1. The minimum Gasteiger partial charge on any atom is -0.488 e. The second-order valence-electron chi connectivity index (χ2n) is 5.49. The lowest BCUT2D eigenvalue weighted by Gasteiger charge is -2.32. The van der Waals surface area contributed by atoms with E-state index in [0.29, 0.717) is 17.4 Å². The van der Waals surface area contributed by atoms with Crippen molar-refractivity contribution in [3.8, 4) is 5.75 Å². The van der Waals surface area contributed by atoms with Gasteiger partial charge in [-0.15, -0.1) is 0 Å². The maximum absolute atomic E-state index is 10.6. The van der Waals surface area contributed by atoms with Crippen LogP contribution in [0.15, 0.2) is 18.2 Å². The second kappa shape index (κ2) is 5.47. The molecule has 0 radical (unpaired) electrons. The van der Waals surface area contributed by atoms with Crippen molar-refractivity contribution in [2.45, 2.75) is 39.2 Å². The molecular weight excluding hydrogens is 244 g/mol. The van der Waals surface area contributed by atoms with E-state index in [9.17, 15) is 10.1 Å². The Balaban J connectivity index is 2.05. The van der Waals surface area contributed by atoms with Gasteiger partial charge in [0.2, 0.25) is 0 Å². The molecule has 2 rings (SSSR count). The smallest absolute Gasteiger partial charge is 0.271 e. The average molecular weight is 264 g/mol. The van der Waals surface area contributed by atoms with Gasteiger partial charge in [-0.3, -0.25) is 10.1 Å². The van der Waals surface area contributed by atoms with E-state index in [1.807, 2.05) is 0 Å². The van der Waals surface area contributed by atoms with Crippen LogP contribution in [-0.2, 0) is 0 Å². The van der Waals surface area contributed by atoms with Crippen molar-refractivity contribution >= 4 is 11.4 Å². The van der Waals surface area contributed by atoms with Crippen molar-refractivity contribution in [2.75, 3.05) is 5.73 Å². The SMILES string of the molecule is CC1CCC(Oc2ccc([N+](=O)[O-])cc2N)CC1C. The summed E-state index contributed by atoms with van der Waals surface area (Å²) in [6, 6.07) is 4.38. The van der Waals surface area contributed by atoms with E-state index in [2.05, 4.69) is 13.8 Å². The highest BCUT2D eigenvalue weighted by molar-refractivity contribution is 5.58. The van der Waals surface area contributed by atoms with Crippen LogP contribution >= 0.6 is 0 Å². The molecule has 0 saturated heterocycles. The monoisotopic (exact) mass is 264 g/mol. The fraction of sp³-hybridized carbons (Fsp3) is 0.571. The minimum atomic E-state index is -0.454. The van der Waals surface area contributed by atoms with Crippen LogP contribution in [0.25, 0.3) is 0 Å². The van der Waals surface area contributed by atoms with Crippen LogP contribution in [0.5, 0.6) is 5.75 Å². The van der Waals surface area contributed by atoms with Crippen LogP contribution in [0.1, 0.15) is 33.1 Å². The lowest BCUT2D eigenvalue weighted by molar-refractivity contribution is -0.384. The highest BCUT2D eigenvalue weighted by Crippen LogP contribution is 2.34. The van der Waals surface area contributed by atoms with Gasteiger partial charge in [0.15, 0.2) is 0 Å². The maximum atomic E-state index is 10.6. The molecule has 19 heavy (non-hydrogen) atoms. The predicted molar refractivity (Wildman–Crippen MR) is 74.1 cm³/mol. The van der Waals surface area contributed by atoms with E-state index in [0.717, 1.165) is 25.2 Å². The van der Waals surface area contributed by atoms with Crippen LogP contribution in [0, 0.1) is 22.0 Å².